The van der Waals surface area contributed by atoms with Gasteiger partial charge in [-0.1, -0.05) is 47.1 Å². The topological polar surface area (TPSA) is 84.1 Å². The predicted molar refractivity (Wildman–Crippen MR) is 118 cm³/mol. The van der Waals surface area contributed by atoms with Gasteiger partial charge in [0.2, 0.25) is 0 Å². The highest BCUT2D eigenvalue weighted by atomic mass is 35.5. The molecule has 0 atom stereocenters. The molecule has 1 aliphatic rings. The quantitative estimate of drug-likeness (QED) is 0.515. The van der Waals surface area contributed by atoms with Crippen molar-refractivity contribution in [3.8, 4) is 11.3 Å². The summed E-state index contributed by atoms with van der Waals surface area (Å²) in [5.41, 5.74) is 3.19. The lowest BCUT2D eigenvalue weighted by Gasteiger charge is -2.32. The molecule has 3 heterocycles. The number of hydrogen-bond donors (Lipinski definition) is 1. The largest absolute Gasteiger partial charge is 0.360 e. The Kier molecular flexibility index (Phi) is 4.90. The summed E-state index contributed by atoms with van der Waals surface area (Å²) in [4.78, 5) is 30.6. The molecule has 2 aromatic carbocycles. The van der Waals surface area contributed by atoms with Crippen molar-refractivity contribution >= 4 is 28.5 Å². The maximum absolute atomic E-state index is 13.4. The van der Waals surface area contributed by atoms with Crippen LogP contribution in [0.25, 0.3) is 22.3 Å². The Hall–Kier alpha value is -3.32. The zero-order valence-electron chi connectivity index (χ0n) is 17.0. The second-order valence-corrected chi connectivity index (χ2v) is 8.19. The Balaban J connectivity index is 1.39. The minimum absolute atomic E-state index is 0.0410. The van der Waals surface area contributed by atoms with Gasteiger partial charge in [-0.3, -0.25) is 9.36 Å². The average molecular weight is 437 g/mol. The molecule has 0 saturated carbocycles. The number of imidazole rings is 1. The Labute approximate surface area is 183 Å². The smallest absolute Gasteiger partial charge is 0.326 e. The molecule has 7 nitrogen and oxygen atoms in total. The third kappa shape index (κ3) is 3.35. The van der Waals surface area contributed by atoms with E-state index in [1.165, 1.54) is 0 Å². The van der Waals surface area contributed by atoms with E-state index in [-0.39, 0.29) is 17.6 Å². The van der Waals surface area contributed by atoms with Crippen LogP contribution in [0.4, 0.5) is 0 Å². The fourth-order valence-electron chi connectivity index (χ4n) is 4.38. The van der Waals surface area contributed by atoms with E-state index in [1.54, 1.807) is 17.9 Å². The van der Waals surface area contributed by atoms with Crippen LogP contribution in [0.1, 0.15) is 35.0 Å². The molecule has 0 aliphatic carbocycles. The first-order valence-electron chi connectivity index (χ1n) is 10.2. The van der Waals surface area contributed by atoms with Gasteiger partial charge in [-0.2, -0.15) is 0 Å². The summed E-state index contributed by atoms with van der Waals surface area (Å²) in [5, 5.41) is 4.62. The van der Waals surface area contributed by atoms with Crippen molar-refractivity contribution in [1.29, 1.82) is 0 Å². The summed E-state index contributed by atoms with van der Waals surface area (Å²) in [6.45, 7) is 2.82. The van der Waals surface area contributed by atoms with Crippen LogP contribution >= 0.6 is 11.6 Å². The van der Waals surface area contributed by atoms with Crippen molar-refractivity contribution in [1.82, 2.24) is 19.6 Å². The van der Waals surface area contributed by atoms with E-state index in [4.69, 9.17) is 16.1 Å². The molecule has 1 fully saturated rings. The number of amides is 1. The molecule has 4 aromatic rings. The number of H-pyrrole nitrogens is 1. The number of carbonyl (C=O) groups excluding carboxylic acids is 1. The Bertz CT molecular complexity index is 1330. The fraction of sp³-hybridized carbons (Fsp3) is 0.261. The maximum atomic E-state index is 13.4. The molecule has 158 valence electrons. The van der Waals surface area contributed by atoms with Gasteiger partial charge in [0, 0.05) is 24.7 Å². The molecule has 0 bridgehead atoms. The van der Waals surface area contributed by atoms with Gasteiger partial charge in [-0.15, -0.1) is 0 Å². The summed E-state index contributed by atoms with van der Waals surface area (Å²) in [6, 6.07) is 15.0. The number of aromatic amines is 1. The number of fused-ring (bicyclic) bond motifs is 1. The molecule has 1 aliphatic heterocycles. The first-order chi connectivity index (χ1) is 15.0. The number of halogens is 1. The zero-order valence-corrected chi connectivity index (χ0v) is 17.7. The van der Waals surface area contributed by atoms with Crippen LogP contribution in [-0.2, 0) is 0 Å². The molecule has 8 heteroatoms. The van der Waals surface area contributed by atoms with Gasteiger partial charge in [0.1, 0.15) is 17.0 Å². The van der Waals surface area contributed by atoms with Crippen LogP contribution in [0.5, 0.6) is 0 Å². The highest BCUT2D eigenvalue weighted by Gasteiger charge is 2.31. The van der Waals surface area contributed by atoms with Crippen LogP contribution < -0.4 is 5.69 Å². The Morgan fingerprint density at radius 2 is 1.84 bits per heavy atom. The molecule has 0 radical (unpaired) electrons. The lowest BCUT2D eigenvalue weighted by Crippen LogP contribution is -2.40. The zero-order chi connectivity index (χ0) is 21.5. The van der Waals surface area contributed by atoms with Gasteiger partial charge in [0.25, 0.3) is 5.91 Å². The average Bonchev–Trinajstić information content (AvgIpc) is 3.32. The van der Waals surface area contributed by atoms with Crippen LogP contribution in [-0.4, -0.2) is 38.6 Å². The number of nitrogens with one attached hydrogen (secondary N) is 1. The van der Waals surface area contributed by atoms with Crippen molar-refractivity contribution in [2.75, 3.05) is 13.1 Å². The predicted octanol–water partition coefficient (Wildman–Crippen LogP) is 4.42. The van der Waals surface area contributed by atoms with Gasteiger partial charge in [0.15, 0.2) is 0 Å². The monoisotopic (exact) mass is 436 g/mol. The summed E-state index contributed by atoms with van der Waals surface area (Å²) in [7, 11) is 0. The third-order valence-electron chi connectivity index (χ3n) is 5.95. The van der Waals surface area contributed by atoms with E-state index < -0.39 is 0 Å². The minimum atomic E-state index is -0.126. The lowest BCUT2D eigenvalue weighted by molar-refractivity contribution is 0.0694. The first kappa shape index (κ1) is 19.6. The summed E-state index contributed by atoms with van der Waals surface area (Å²) in [6.07, 6.45) is 1.39. The first-order valence-corrected chi connectivity index (χ1v) is 10.6. The number of hydrogen-bond acceptors (Lipinski definition) is 4. The second-order valence-electron chi connectivity index (χ2n) is 7.78. The molecule has 1 saturated heterocycles. The molecule has 0 unspecified atom stereocenters. The summed E-state index contributed by atoms with van der Waals surface area (Å²) >= 11 is 6.33. The summed E-state index contributed by atoms with van der Waals surface area (Å²) < 4.78 is 7.17. The summed E-state index contributed by atoms with van der Waals surface area (Å²) in [5.74, 6) is 0.341. The van der Waals surface area contributed by atoms with Gasteiger partial charge in [-0.25, -0.2) is 4.79 Å². The number of carbonyl (C=O) groups is 1. The van der Waals surface area contributed by atoms with E-state index in [0.29, 0.717) is 53.5 Å². The van der Waals surface area contributed by atoms with Crippen LogP contribution in [0.15, 0.2) is 57.8 Å². The Morgan fingerprint density at radius 3 is 2.61 bits per heavy atom. The number of likely N-dealkylation sites (tertiary alicyclic amines) is 1. The van der Waals surface area contributed by atoms with Crippen molar-refractivity contribution in [3.05, 3.63) is 75.4 Å². The normalized spacial score (nSPS) is 15.0. The SMILES string of the molecule is Cc1onc(-c2ccccc2Cl)c1C(=O)N1CCC(n2c(=O)[nH]c3ccccc32)CC1. The van der Waals surface area contributed by atoms with Crippen LogP contribution in [0.3, 0.4) is 0 Å². The van der Waals surface area contributed by atoms with Crippen LogP contribution in [0.2, 0.25) is 5.02 Å². The van der Waals surface area contributed by atoms with E-state index >= 15 is 0 Å². The molecule has 1 amide bonds. The van der Waals surface area contributed by atoms with E-state index in [1.807, 2.05) is 47.0 Å². The molecule has 5 rings (SSSR count). The van der Waals surface area contributed by atoms with Crippen molar-refractivity contribution in [2.24, 2.45) is 0 Å². The highest BCUT2D eigenvalue weighted by Crippen LogP contribution is 2.33. The van der Waals surface area contributed by atoms with Gasteiger partial charge in [0.05, 0.1) is 16.1 Å². The second kappa shape index (κ2) is 7.74. The number of benzene rings is 2. The minimum Gasteiger partial charge on any atom is -0.360 e. The number of aromatic nitrogens is 3. The lowest BCUT2D eigenvalue weighted by atomic mass is 10.0. The highest BCUT2D eigenvalue weighted by molar-refractivity contribution is 6.33. The number of para-hydroxylation sites is 2. The van der Waals surface area contributed by atoms with E-state index in [9.17, 15) is 9.59 Å². The van der Waals surface area contributed by atoms with E-state index in [0.717, 1.165) is 11.0 Å². The molecular formula is C23H21ClN4O3. The molecular weight excluding hydrogens is 416 g/mol. The van der Waals surface area contributed by atoms with Gasteiger partial charge < -0.3 is 14.4 Å². The van der Waals surface area contributed by atoms with E-state index in [2.05, 4.69) is 10.1 Å². The molecule has 31 heavy (non-hydrogen) atoms. The van der Waals surface area contributed by atoms with Gasteiger partial charge >= 0.3 is 5.69 Å². The van der Waals surface area contributed by atoms with Crippen molar-refractivity contribution < 1.29 is 9.32 Å². The number of nitrogens with zero attached hydrogens (tertiary/aromatic N) is 3. The Morgan fingerprint density at radius 1 is 1.13 bits per heavy atom. The van der Waals surface area contributed by atoms with Crippen molar-refractivity contribution in [3.63, 3.8) is 0 Å². The number of rotatable bonds is 3. The fourth-order valence-corrected chi connectivity index (χ4v) is 4.61. The number of aryl methyl sites for hydroxylation is 1. The van der Waals surface area contributed by atoms with Crippen LogP contribution in [0, 0.1) is 6.92 Å². The number of piperidine rings is 1. The van der Waals surface area contributed by atoms with Gasteiger partial charge in [-0.05, 0) is 38.0 Å². The maximum Gasteiger partial charge on any atom is 0.326 e. The third-order valence-corrected chi connectivity index (χ3v) is 6.28. The van der Waals surface area contributed by atoms with Crippen molar-refractivity contribution in [2.45, 2.75) is 25.8 Å². The molecule has 0 spiro atoms. The standard InChI is InChI=1S/C23H21ClN4O3/c1-14-20(21(26-31-14)16-6-2-3-7-17(16)24)22(29)27-12-10-15(11-13-27)28-19-9-5-4-8-18(19)25-23(28)30/h2-9,15H,10-13H2,1H3,(H,25,30). The molecule has 2 aromatic heterocycles. The molecule has 1 N–H and O–H groups in total.